The Bertz CT molecular complexity index is 945. The number of epoxide rings is 1. The van der Waals surface area contributed by atoms with Crippen molar-refractivity contribution in [3.05, 3.63) is 11.6 Å². The van der Waals surface area contributed by atoms with Gasteiger partial charge in [-0.3, -0.25) is 19.2 Å². The van der Waals surface area contributed by atoms with Crippen LogP contribution in [0.5, 0.6) is 0 Å². The first kappa shape index (κ1) is 23.0. The normalized spacial score (nSPS) is 48.2. The summed E-state index contributed by atoms with van der Waals surface area (Å²) in [4.78, 5) is 43.6. The molecule has 0 bridgehead atoms. The first-order valence-corrected chi connectivity index (χ1v) is 12.4. The number of esters is 1. The predicted octanol–water partition coefficient (Wildman–Crippen LogP) is 3.61. The van der Waals surface area contributed by atoms with Gasteiger partial charge in [-0.1, -0.05) is 32.8 Å². The van der Waals surface area contributed by atoms with Gasteiger partial charge in [0.25, 0.3) is 0 Å². The van der Waals surface area contributed by atoms with Crippen LogP contribution in [0, 0.1) is 28.6 Å². The summed E-state index contributed by atoms with van der Waals surface area (Å²) in [6.07, 6.45) is 6.37. The van der Waals surface area contributed by atoms with Crippen molar-refractivity contribution in [3.8, 4) is 0 Å². The highest BCUT2D eigenvalue weighted by atomic mass is 16.7. The molecule has 2 aliphatic heterocycles. The number of ketones is 1. The van der Waals surface area contributed by atoms with E-state index in [9.17, 15) is 14.4 Å². The van der Waals surface area contributed by atoms with Crippen LogP contribution in [0.1, 0.15) is 72.6 Å². The minimum Gasteiger partial charge on any atom is -0.459 e. The fourth-order valence-corrected chi connectivity index (χ4v) is 8.38. The molecule has 0 aromatic carbocycles. The number of carbonyl (C=O) groups excluding carboxylic acids is 3. The van der Waals surface area contributed by atoms with Gasteiger partial charge in [-0.15, -0.1) is 0 Å². The van der Waals surface area contributed by atoms with Crippen LogP contribution in [0.25, 0.3) is 0 Å². The molecule has 2 saturated carbocycles. The van der Waals surface area contributed by atoms with Crippen LogP contribution in [-0.2, 0) is 28.7 Å². The Balaban J connectivity index is 1.65. The summed E-state index contributed by atoms with van der Waals surface area (Å²) in [6.45, 7) is 8.74. The summed E-state index contributed by atoms with van der Waals surface area (Å²) in [5.41, 5.74) is -0.567. The molecule has 2 saturated heterocycles. The van der Waals surface area contributed by atoms with Crippen molar-refractivity contribution in [2.24, 2.45) is 28.6 Å². The summed E-state index contributed by atoms with van der Waals surface area (Å²) >= 11 is 0. The number of carbonyl (C=O) groups is 3. The fraction of sp³-hybridized carbons (Fsp3) is 0.808. The van der Waals surface area contributed by atoms with Crippen LogP contribution in [0.3, 0.4) is 0 Å². The maximum Gasteiger partial charge on any atom is 0.306 e. The molecule has 2 unspecified atom stereocenters. The van der Waals surface area contributed by atoms with E-state index in [1.807, 2.05) is 0 Å². The van der Waals surface area contributed by atoms with Gasteiger partial charge < -0.3 is 9.47 Å². The van der Waals surface area contributed by atoms with Gasteiger partial charge in [-0.05, 0) is 44.6 Å². The number of rotatable bonds is 4. The number of fused-ring (bicyclic) bond motifs is 1. The zero-order valence-electron chi connectivity index (χ0n) is 20.7. The second kappa shape index (κ2) is 7.14. The number of hydrogen-bond donors (Lipinski definition) is 0. The van der Waals surface area contributed by atoms with Gasteiger partial charge >= 0.3 is 5.97 Å². The highest BCUT2D eigenvalue weighted by Crippen LogP contribution is 2.76. The van der Waals surface area contributed by atoms with E-state index >= 15 is 0 Å². The third-order valence-electron chi connectivity index (χ3n) is 10.5. The molecular formula is C26H37NO6. The highest BCUT2D eigenvalue weighted by Gasteiger charge is 2.81. The van der Waals surface area contributed by atoms with Crippen molar-refractivity contribution < 1.29 is 28.7 Å². The molecule has 3 aliphatic carbocycles. The van der Waals surface area contributed by atoms with Gasteiger partial charge in [0.15, 0.2) is 5.78 Å². The maximum absolute atomic E-state index is 13.7. The molecule has 7 heteroatoms. The minimum atomic E-state index is -0.580. The van der Waals surface area contributed by atoms with E-state index in [2.05, 4.69) is 27.7 Å². The zero-order chi connectivity index (χ0) is 24.0. The summed E-state index contributed by atoms with van der Waals surface area (Å²) in [7, 11) is 3.15. The SMILES string of the molecule is CCC1C2[C@H](C(=O)N(C)OC)CC3=CC(=O)CC[C@]3(C)[C@]23O[C@@H]3C[C@]1(C)[C@@]1(C)CCC(=O)O1. The van der Waals surface area contributed by atoms with Crippen LogP contribution in [-0.4, -0.2) is 54.2 Å². The van der Waals surface area contributed by atoms with Crippen molar-refractivity contribution in [3.63, 3.8) is 0 Å². The Kier molecular flexibility index (Phi) is 4.98. The van der Waals surface area contributed by atoms with E-state index in [-0.39, 0.29) is 52.3 Å². The van der Waals surface area contributed by atoms with Gasteiger partial charge in [-0.2, -0.15) is 0 Å². The minimum absolute atomic E-state index is 0.0171. The van der Waals surface area contributed by atoms with Crippen LogP contribution >= 0.6 is 0 Å². The predicted molar refractivity (Wildman–Crippen MR) is 120 cm³/mol. The van der Waals surface area contributed by atoms with Crippen molar-refractivity contribution in [2.75, 3.05) is 14.2 Å². The van der Waals surface area contributed by atoms with E-state index in [1.165, 1.54) is 12.2 Å². The molecule has 0 aromatic heterocycles. The molecule has 0 N–H and O–H groups in total. The van der Waals surface area contributed by atoms with Crippen LogP contribution in [0.15, 0.2) is 11.6 Å². The quantitative estimate of drug-likeness (QED) is 0.363. The lowest BCUT2D eigenvalue weighted by Gasteiger charge is -2.61. The Hall–Kier alpha value is -1.73. The number of hydroxylamine groups is 2. The van der Waals surface area contributed by atoms with Gasteiger partial charge in [0.1, 0.15) is 11.2 Å². The number of cyclic esters (lactones) is 1. The summed E-state index contributed by atoms with van der Waals surface area (Å²) < 4.78 is 12.7. The molecule has 5 rings (SSSR count). The Morgan fingerprint density at radius 1 is 1.21 bits per heavy atom. The molecule has 2 heterocycles. The average molecular weight is 460 g/mol. The zero-order valence-corrected chi connectivity index (χ0v) is 20.7. The molecule has 7 nitrogen and oxygen atoms in total. The van der Waals surface area contributed by atoms with E-state index < -0.39 is 11.2 Å². The molecule has 33 heavy (non-hydrogen) atoms. The number of amides is 1. The first-order valence-electron chi connectivity index (χ1n) is 12.4. The van der Waals surface area contributed by atoms with E-state index in [1.54, 1.807) is 13.1 Å². The van der Waals surface area contributed by atoms with Crippen molar-refractivity contribution in [1.82, 2.24) is 5.06 Å². The lowest BCUT2D eigenvalue weighted by molar-refractivity contribution is -0.193. The smallest absolute Gasteiger partial charge is 0.306 e. The number of allylic oxidation sites excluding steroid dienone is 1. The third kappa shape index (κ3) is 2.78. The van der Waals surface area contributed by atoms with Crippen LogP contribution in [0.4, 0.5) is 0 Å². The molecule has 4 fully saturated rings. The monoisotopic (exact) mass is 459 g/mol. The second-order valence-corrected chi connectivity index (χ2v) is 11.6. The van der Waals surface area contributed by atoms with E-state index in [0.29, 0.717) is 25.7 Å². The number of hydrogen-bond acceptors (Lipinski definition) is 6. The molecule has 0 aromatic rings. The number of ether oxygens (including phenoxy) is 2. The largest absolute Gasteiger partial charge is 0.459 e. The first-order chi connectivity index (χ1) is 15.5. The molecule has 8 atom stereocenters. The summed E-state index contributed by atoms with van der Waals surface area (Å²) in [6, 6.07) is 0. The molecule has 1 amide bonds. The lowest BCUT2D eigenvalue weighted by atomic mass is 9.42. The average Bonchev–Trinajstić information content (AvgIpc) is 3.39. The van der Waals surface area contributed by atoms with E-state index in [0.717, 1.165) is 24.8 Å². The lowest BCUT2D eigenvalue weighted by Crippen LogP contribution is -2.65. The summed E-state index contributed by atoms with van der Waals surface area (Å²) in [5.74, 6) is -0.339. The van der Waals surface area contributed by atoms with Gasteiger partial charge in [-0.25, -0.2) is 5.06 Å². The van der Waals surface area contributed by atoms with E-state index in [4.69, 9.17) is 14.3 Å². The third-order valence-corrected chi connectivity index (χ3v) is 10.5. The van der Waals surface area contributed by atoms with Gasteiger partial charge in [0.2, 0.25) is 5.91 Å². The van der Waals surface area contributed by atoms with Crippen molar-refractivity contribution in [2.45, 2.75) is 89.9 Å². The Labute approximate surface area is 196 Å². The van der Waals surface area contributed by atoms with Gasteiger partial charge in [0, 0.05) is 36.6 Å². The Morgan fingerprint density at radius 2 is 1.94 bits per heavy atom. The van der Waals surface area contributed by atoms with Crippen LogP contribution < -0.4 is 0 Å². The van der Waals surface area contributed by atoms with Crippen molar-refractivity contribution in [1.29, 1.82) is 0 Å². The maximum atomic E-state index is 13.7. The van der Waals surface area contributed by atoms with Crippen LogP contribution in [0.2, 0.25) is 0 Å². The second-order valence-electron chi connectivity index (χ2n) is 11.6. The topological polar surface area (TPSA) is 85.4 Å². The van der Waals surface area contributed by atoms with Crippen molar-refractivity contribution >= 4 is 17.7 Å². The van der Waals surface area contributed by atoms with Gasteiger partial charge in [0.05, 0.1) is 19.1 Å². The Morgan fingerprint density at radius 3 is 2.55 bits per heavy atom. The fourth-order valence-electron chi connectivity index (χ4n) is 8.38. The molecule has 1 spiro atoms. The molecule has 0 radical (unpaired) electrons. The molecule has 182 valence electrons. The highest BCUT2D eigenvalue weighted by molar-refractivity contribution is 5.92. The molecule has 5 aliphatic rings. The summed E-state index contributed by atoms with van der Waals surface area (Å²) in [5, 5.41) is 1.32. The number of nitrogens with zero attached hydrogens (tertiary/aromatic N) is 1. The standard InChI is InChI=1S/C26H37NO6/c1-7-18-21-17(22(30)27(5)31-6)13-15-12-16(28)8-10-23(15,2)26(21)19(32-26)14-24(18,3)25(4)11-9-20(29)33-25/h12,17-19,21H,7-11,13-14H2,1-6H3/t17-,18?,19-,21?,23+,24+,25-,26-/m1/s1. The molecular weight excluding hydrogens is 422 g/mol.